The third-order valence-electron chi connectivity index (χ3n) is 5.92. The maximum Gasteiger partial charge on any atom is 0.252 e. The molecule has 3 rings (SSSR count). The SMILES string of the molecule is CC(=O)C[C@@H](C=O)NC(=O)CN1C(=O)[C@@H](NC(=O)c2ccc(NC(C)=O)cc2)CN(C(=O)CO)c2ccccc21. The number of nitrogens with one attached hydrogen (secondary N) is 3. The summed E-state index contributed by atoms with van der Waals surface area (Å²) in [7, 11) is 0. The topological polar surface area (TPSA) is 182 Å². The lowest BCUT2D eigenvalue weighted by atomic mass is 10.1. The molecule has 4 N–H and O–H groups in total. The van der Waals surface area contributed by atoms with Crippen molar-refractivity contribution in [2.24, 2.45) is 0 Å². The number of rotatable bonds is 10. The molecule has 0 spiro atoms. The van der Waals surface area contributed by atoms with Crippen LogP contribution in [0.25, 0.3) is 0 Å². The molecule has 0 aromatic heterocycles. The molecule has 2 aromatic carbocycles. The third kappa shape index (κ3) is 7.35. The van der Waals surface area contributed by atoms with E-state index in [9.17, 15) is 38.7 Å². The van der Waals surface area contributed by atoms with E-state index in [4.69, 9.17) is 0 Å². The Labute approximate surface area is 229 Å². The highest BCUT2D eigenvalue weighted by Crippen LogP contribution is 2.33. The van der Waals surface area contributed by atoms with E-state index in [0.717, 1.165) is 9.80 Å². The van der Waals surface area contributed by atoms with Crippen molar-refractivity contribution in [3.8, 4) is 0 Å². The molecular weight excluding hydrogens is 522 g/mol. The van der Waals surface area contributed by atoms with E-state index in [-0.39, 0.29) is 41.6 Å². The van der Waals surface area contributed by atoms with Gasteiger partial charge in [-0.1, -0.05) is 12.1 Å². The zero-order valence-electron chi connectivity index (χ0n) is 21.9. The number of Topliss-reactive ketones (excluding diaryl/α,β-unsaturated/α-hetero) is 1. The largest absolute Gasteiger partial charge is 0.387 e. The van der Waals surface area contributed by atoms with E-state index in [0.29, 0.717) is 12.0 Å². The van der Waals surface area contributed by atoms with Crippen molar-refractivity contribution < 1.29 is 38.7 Å². The Morgan fingerprint density at radius 3 is 2.25 bits per heavy atom. The van der Waals surface area contributed by atoms with E-state index in [1.165, 1.54) is 50.2 Å². The summed E-state index contributed by atoms with van der Waals surface area (Å²) in [4.78, 5) is 88.5. The van der Waals surface area contributed by atoms with Gasteiger partial charge in [-0.25, -0.2) is 0 Å². The smallest absolute Gasteiger partial charge is 0.252 e. The molecule has 1 aliphatic heterocycles. The molecule has 1 aliphatic rings. The summed E-state index contributed by atoms with van der Waals surface area (Å²) in [5.41, 5.74) is 0.997. The van der Waals surface area contributed by atoms with Crippen LogP contribution in [0.2, 0.25) is 0 Å². The van der Waals surface area contributed by atoms with E-state index in [1.807, 2.05) is 0 Å². The minimum Gasteiger partial charge on any atom is -0.387 e. The summed E-state index contributed by atoms with van der Waals surface area (Å²) in [6.45, 7) is 0.802. The van der Waals surface area contributed by atoms with Crippen molar-refractivity contribution >= 4 is 58.7 Å². The second-order valence-corrected chi connectivity index (χ2v) is 9.08. The molecule has 0 saturated heterocycles. The van der Waals surface area contributed by atoms with Gasteiger partial charge in [0.2, 0.25) is 11.8 Å². The molecule has 0 fully saturated rings. The number of hydrogen-bond donors (Lipinski definition) is 4. The predicted molar refractivity (Wildman–Crippen MR) is 144 cm³/mol. The Morgan fingerprint density at radius 1 is 1.02 bits per heavy atom. The van der Waals surface area contributed by atoms with Gasteiger partial charge in [-0.3, -0.25) is 33.7 Å². The van der Waals surface area contributed by atoms with Crippen molar-refractivity contribution in [3.63, 3.8) is 0 Å². The zero-order valence-corrected chi connectivity index (χ0v) is 21.9. The molecule has 13 nitrogen and oxygen atoms in total. The third-order valence-corrected chi connectivity index (χ3v) is 5.92. The summed E-state index contributed by atoms with van der Waals surface area (Å²) in [5, 5.41) is 17.1. The molecule has 0 bridgehead atoms. The van der Waals surface area contributed by atoms with Gasteiger partial charge in [-0.05, 0) is 43.3 Å². The maximum absolute atomic E-state index is 13.7. The Balaban J connectivity index is 1.93. The molecule has 13 heteroatoms. The first-order valence-electron chi connectivity index (χ1n) is 12.3. The Bertz CT molecular complexity index is 1330. The van der Waals surface area contributed by atoms with E-state index < -0.39 is 48.9 Å². The number of aliphatic hydroxyl groups is 1. The van der Waals surface area contributed by atoms with Gasteiger partial charge >= 0.3 is 0 Å². The summed E-state index contributed by atoms with van der Waals surface area (Å²) in [6.07, 6.45) is 0.192. The number of aldehydes is 1. The first kappa shape index (κ1) is 29.6. The molecular formula is C27H29N5O8. The first-order valence-corrected chi connectivity index (χ1v) is 12.3. The predicted octanol–water partition coefficient (Wildman–Crippen LogP) is -0.222. The Morgan fingerprint density at radius 2 is 1.68 bits per heavy atom. The Hall–Kier alpha value is -4.91. The highest BCUT2D eigenvalue weighted by molar-refractivity contribution is 6.11. The van der Waals surface area contributed by atoms with Gasteiger partial charge in [0, 0.05) is 24.6 Å². The molecule has 0 radical (unpaired) electrons. The number of carbonyl (C=O) groups excluding carboxylic acids is 7. The monoisotopic (exact) mass is 551 g/mol. The van der Waals surface area contributed by atoms with Crippen LogP contribution in [0, 0.1) is 0 Å². The number of aliphatic hydroxyl groups excluding tert-OH is 1. The fraction of sp³-hybridized carbons (Fsp3) is 0.296. The molecule has 1 heterocycles. The van der Waals surface area contributed by atoms with Gasteiger partial charge < -0.3 is 30.8 Å². The summed E-state index contributed by atoms with van der Waals surface area (Å²) < 4.78 is 0. The van der Waals surface area contributed by atoms with Crippen LogP contribution in [0.15, 0.2) is 48.5 Å². The molecule has 2 aromatic rings. The number of para-hydroxylation sites is 2. The second kappa shape index (κ2) is 13.2. The van der Waals surface area contributed by atoms with Crippen LogP contribution in [-0.2, 0) is 28.8 Å². The lowest BCUT2D eigenvalue weighted by Crippen LogP contribution is -2.55. The number of benzene rings is 2. The molecule has 40 heavy (non-hydrogen) atoms. The normalized spacial score (nSPS) is 15.3. The fourth-order valence-corrected chi connectivity index (χ4v) is 4.17. The number of ketones is 1. The molecule has 0 saturated carbocycles. The van der Waals surface area contributed by atoms with Gasteiger partial charge in [0.25, 0.3) is 17.7 Å². The highest BCUT2D eigenvalue weighted by atomic mass is 16.3. The number of anilines is 3. The maximum atomic E-state index is 13.7. The van der Waals surface area contributed by atoms with Crippen molar-refractivity contribution in [2.45, 2.75) is 32.4 Å². The number of hydrogen-bond acceptors (Lipinski definition) is 8. The van der Waals surface area contributed by atoms with Gasteiger partial charge in [-0.2, -0.15) is 0 Å². The molecule has 210 valence electrons. The van der Waals surface area contributed by atoms with Crippen LogP contribution in [0.4, 0.5) is 17.1 Å². The molecule has 5 amide bonds. The average Bonchev–Trinajstić information content (AvgIpc) is 3.02. The molecule has 0 unspecified atom stereocenters. The second-order valence-electron chi connectivity index (χ2n) is 9.08. The van der Waals surface area contributed by atoms with Crippen molar-refractivity contribution in [1.82, 2.24) is 10.6 Å². The first-order chi connectivity index (χ1) is 19.0. The summed E-state index contributed by atoms with van der Waals surface area (Å²) in [5.74, 6) is -3.50. The summed E-state index contributed by atoms with van der Waals surface area (Å²) >= 11 is 0. The van der Waals surface area contributed by atoms with Crippen LogP contribution in [-0.4, -0.2) is 78.5 Å². The van der Waals surface area contributed by atoms with Crippen molar-refractivity contribution in [1.29, 1.82) is 0 Å². The van der Waals surface area contributed by atoms with Crippen LogP contribution in [0.1, 0.15) is 30.6 Å². The lowest BCUT2D eigenvalue weighted by Gasteiger charge is -2.25. The van der Waals surface area contributed by atoms with Crippen LogP contribution in [0.3, 0.4) is 0 Å². The highest BCUT2D eigenvalue weighted by Gasteiger charge is 2.37. The van der Waals surface area contributed by atoms with Crippen LogP contribution in [0.5, 0.6) is 0 Å². The van der Waals surface area contributed by atoms with Crippen LogP contribution >= 0.6 is 0 Å². The molecule has 0 aliphatic carbocycles. The summed E-state index contributed by atoms with van der Waals surface area (Å²) in [6, 6.07) is 9.66. The van der Waals surface area contributed by atoms with Gasteiger partial charge in [0.15, 0.2) is 0 Å². The Kier molecular flexibility index (Phi) is 9.81. The standard InChI is InChI=1S/C27H29N5O8/c1-16(35)11-20(14-33)29-24(37)13-32-23-6-4-3-5-22(23)31(25(38)15-34)12-21(27(32)40)30-26(39)18-7-9-19(10-8-18)28-17(2)36/h3-10,14,20-21,34H,11-13,15H2,1-2H3,(H,28,36)(H,29,37)(H,30,39)/t20-,21-/m0/s1. The van der Waals surface area contributed by atoms with Gasteiger partial charge in [0.05, 0.1) is 24.0 Å². The number of amides is 5. The number of carbonyl (C=O) groups is 7. The fourth-order valence-electron chi connectivity index (χ4n) is 4.17. The van der Waals surface area contributed by atoms with Crippen molar-refractivity contribution in [3.05, 3.63) is 54.1 Å². The quantitative estimate of drug-likeness (QED) is 0.292. The van der Waals surface area contributed by atoms with Gasteiger partial charge in [-0.15, -0.1) is 0 Å². The van der Waals surface area contributed by atoms with E-state index in [2.05, 4.69) is 16.0 Å². The van der Waals surface area contributed by atoms with E-state index >= 15 is 0 Å². The van der Waals surface area contributed by atoms with Gasteiger partial charge in [0.1, 0.15) is 31.3 Å². The van der Waals surface area contributed by atoms with E-state index in [1.54, 1.807) is 12.1 Å². The number of nitrogens with zero attached hydrogens (tertiary/aromatic N) is 2. The minimum atomic E-state index is -1.34. The average molecular weight is 552 g/mol. The van der Waals surface area contributed by atoms with Crippen LogP contribution < -0.4 is 25.8 Å². The minimum absolute atomic E-state index is 0.158. The van der Waals surface area contributed by atoms with Crippen molar-refractivity contribution in [2.75, 3.05) is 34.8 Å². The number of fused-ring (bicyclic) bond motifs is 1. The lowest BCUT2D eigenvalue weighted by molar-refractivity contribution is -0.127. The zero-order chi connectivity index (χ0) is 29.4. The molecule has 2 atom stereocenters.